The summed E-state index contributed by atoms with van der Waals surface area (Å²) in [6, 6.07) is 6.13. The molecule has 2 aromatic rings. The highest BCUT2D eigenvalue weighted by Gasteiger charge is 2.24. The first kappa shape index (κ1) is 17.4. The second-order valence-corrected chi connectivity index (χ2v) is 7.70. The van der Waals surface area contributed by atoms with Gasteiger partial charge in [-0.3, -0.25) is 9.69 Å². The third-order valence-electron chi connectivity index (χ3n) is 4.55. The first-order valence-electron chi connectivity index (χ1n) is 8.51. The quantitative estimate of drug-likeness (QED) is 0.652. The van der Waals surface area contributed by atoms with Gasteiger partial charge < -0.3 is 0 Å². The molecule has 1 aromatic carbocycles. The molecule has 0 bridgehead atoms. The van der Waals surface area contributed by atoms with Crippen LogP contribution >= 0.6 is 22.9 Å². The molecule has 1 heterocycles. The lowest BCUT2D eigenvalue weighted by atomic mass is 9.87. The van der Waals surface area contributed by atoms with Gasteiger partial charge in [0.2, 0.25) is 5.91 Å². The molecule has 1 aromatic heterocycles. The number of amides is 1. The van der Waals surface area contributed by atoms with Crippen molar-refractivity contribution in [2.75, 3.05) is 10.8 Å². The normalized spacial score (nSPS) is 15.5. The van der Waals surface area contributed by atoms with E-state index in [0.29, 0.717) is 5.92 Å². The summed E-state index contributed by atoms with van der Waals surface area (Å²) in [5.41, 5.74) is 4.23. The van der Waals surface area contributed by atoms with Gasteiger partial charge in [0, 0.05) is 11.3 Å². The Morgan fingerprint density at radius 3 is 2.50 bits per heavy atom. The number of alkyl halides is 1. The van der Waals surface area contributed by atoms with E-state index in [2.05, 4.69) is 11.4 Å². The fourth-order valence-electron chi connectivity index (χ4n) is 3.47. The Labute approximate surface area is 152 Å². The van der Waals surface area contributed by atoms with Gasteiger partial charge >= 0.3 is 0 Å². The maximum atomic E-state index is 12.5. The average Bonchev–Trinajstić information content (AvgIpc) is 3.04. The van der Waals surface area contributed by atoms with Crippen molar-refractivity contribution in [1.29, 1.82) is 0 Å². The van der Waals surface area contributed by atoms with Gasteiger partial charge in [0.1, 0.15) is 5.88 Å². The summed E-state index contributed by atoms with van der Waals surface area (Å²) in [7, 11) is 0. The molecule has 24 heavy (non-hydrogen) atoms. The minimum absolute atomic E-state index is 0.0503. The number of carbonyl (C=O) groups excluding carboxylic acids is 1. The zero-order valence-corrected chi connectivity index (χ0v) is 15.8. The van der Waals surface area contributed by atoms with E-state index >= 15 is 0 Å². The molecule has 1 amide bonds. The van der Waals surface area contributed by atoms with Crippen molar-refractivity contribution in [2.24, 2.45) is 0 Å². The number of aromatic nitrogens is 1. The minimum atomic E-state index is -0.133. The van der Waals surface area contributed by atoms with E-state index in [-0.39, 0.29) is 11.8 Å². The predicted octanol–water partition coefficient (Wildman–Crippen LogP) is 5.71. The third-order valence-corrected chi connectivity index (χ3v) is 5.63. The second-order valence-electron chi connectivity index (χ2n) is 6.60. The number of nitrogens with zero attached hydrogens (tertiary/aromatic N) is 2. The van der Waals surface area contributed by atoms with Crippen LogP contribution in [0.4, 0.5) is 10.8 Å². The maximum absolute atomic E-state index is 12.5. The largest absolute Gasteiger partial charge is 0.273 e. The van der Waals surface area contributed by atoms with Crippen LogP contribution in [0.1, 0.15) is 54.8 Å². The molecule has 1 aliphatic carbocycles. The SMILES string of the molecule is Cc1cc(C)cc(N(C(=O)CCl)c2nc(C3CCCCC3)cs2)c1. The number of benzene rings is 1. The number of carbonyl (C=O) groups is 1. The van der Waals surface area contributed by atoms with Gasteiger partial charge in [0.05, 0.1) is 11.4 Å². The summed E-state index contributed by atoms with van der Waals surface area (Å²) in [6.07, 6.45) is 6.29. The van der Waals surface area contributed by atoms with Gasteiger partial charge in [-0.15, -0.1) is 22.9 Å². The third kappa shape index (κ3) is 3.81. The van der Waals surface area contributed by atoms with Gasteiger partial charge in [-0.05, 0) is 49.9 Å². The first-order valence-corrected chi connectivity index (χ1v) is 9.92. The van der Waals surface area contributed by atoms with Crippen LogP contribution in [-0.4, -0.2) is 16.8 Å². The Morgan fingerprint density at radius 2 is 1.88 bits per heavy atom. The Balaban J connectivity index is 1.94. The molecule has 0 unspecified atom stereocenters. The molecule has 0 atom stereocenters. The molecular formula is C19H23ClN2OS. The van der Waals surface area contributed by atoms with Crippen LogP contribution in [0.5, 0.6) is 0 Å². The molecule has 0 N–H and O–H groups in total. The lowest BCUT2D eigenvalue weighted by Crippen LogP contribution is -2.27. The predicted molar refractivity (Wildman–Crippen MR) is 102 cm³/mol. The lowest BCUT2D eigenvalue weighted by Gasteiger charge is -2.21. The van der Waals surface area contributed by atoms with Crippen LogP contribution in [-0.2, 0) is 4.79 Å². The Morgan fingerprint density at radius 1 is 1.21 bits per heavy atom. The van der Waals surface area contributed by atoms with Crippen LogP contribution in [0.2, 0.25) is 0 Å². The van der Waals surface area contributed by atoms with Crippen molar-refractivity contribution < 1.29 is 4.79 Å². The molecule has 0 spiro atoms. The second kappa shape index (κ2) is 7.66. The van der Waals surface area contributed by atoms with E-state index in [0.717, 1.165) is 27.6 Å². The van der Waals surface area contributed by atoms with Crippen molar-refractivity contribution in [3.05, 3.63) is 40.4 Å². The summed E-state index contributed by atoms with van der Waals surface area (Å²) in [5, 5.41) is 2.84. The highest BCUT2D eigenvalue weighted by atomic mass is 35.5. The number of anilines is 2. The highest BCUT2D eigenvalue weighted by Crippen LogP contribution is 2.37. The molecule has 0 radical (unpaired) electrons. The van der Waals surface area contributed by atoms with Gasteiger partial charge in [0.15, 0.2) is 5.13 Å². The van der Waals surface area contributed by atoms with Crippen molar-refractivity contribution >= 4 is 39.7 Å². The van der Waals surface area contributed by atoms with E-state index < -0.39 is 0 Å². The molecule has 1 fully saturated rings. The minimum Gasteiger partial charge on any atom is -0.273 e. The van der Waals surface area contributed by atoms with E-state index in [4.69, 9.17) is 16.6 Å². The zero-order valence-electron chi connectivity index (χ0n) is 14.2. The maximum Gasteiger partial charge on any atom is 0.248 e. The van der Waals surface area contributed by atoms with Gasteiger partial charge in [0.25, 0.3) is 0 Å². The molecule has 0 saturated heterocycles. The Bertz CT molecular complexity index is 702. The topological polar surface area (TPSA) is 33.2 Å². The number of rotatable bonds is 4. The van der Waals surface area contributed by atoms with Crippen LogP contribution < -0.4 is 4.90 Å². The number of thiazole rings is 1. The number of hydrogen-bond acceptors (Lipinski definition) is 3. The van der Waals surface area contributed by atoms with Gasteiger partial charge in [-0.1, -0.05) is 25.3 Å². The van der Waals surface area contributed by atoms with Crippen molar-refractivity contribution in [1.82, 2.24) is 4.98 Å². The molecule has 128 valence electrons. The number of aryl methyl sites for hydroxylation is 2. The molecule has 1 saturated carbocycles. The van der Waals surface area contributed by atoms with E-state index in [1.807, 2.05) is 26.0 Å². The summed E-state index contributed by atoms with van der Waals surface area (Å²) < 4.78 is 0. The monoisotopic (exact) mass is 362 g/mol. The number of halogens is 1. The van der Waals surface area contributed by atoms with Crippen molar-refractivity contribution in [3.8, 4) is 0 Å². The summed E-state index contributed by atoms with van der Waals surface area (Å²) in [6.45, 7) is 4.07. The van der Waals surface area contributed by atoms with Gasteiger partial charge in [-0.25, -0.2) is 4.98 Å². The average molecular weight is 363 g/mol. The molecule has 3 rings (SSSR count). The number of hydrogen-bond donors (Lipinski definition) is 0. The van der Waals surface area contributed by atoms with Crippen LogP contribution in [0.3, 0.4) is 0 Å². The smallest absolute Gasteiger partial charge is 0.248 e. The Kier molecular flexibility index (Phi) is 5.57. The fraction of sp³-hybridized carbons (Fsp3) is 0.474. The summed E-state index contributed by atoms with van der Waals surface area (Å²) >= 11 is 7.40. The zero-order chi connectivity index (χ0) is 17.1. The van der Waals surface area contributed by atoms with Crippen LogP contribution in [0.15, 0.2) is 23.6 Å². The van der Waals surface area contributed by atoms with E-state index in [1.54, 1.807) is 4.90 Å². The van der Waals surface area contributed by atoms with E-state index in [9.17, 15) is 4.79 Å². The van der Waals surface area contributed by atoms with Crippen LogP contribution in [0.25, 0.3) is 0 Å². The van der Waals surface area contributed by atoms with Crippen molar-refractivity contribution in [3.63, 3.8) is 0 Å². The van der Waals surface area contributed by atoms with Crippen LogP contribution in [0, 0.1) is 13.8 Å². The fourth-order valence-corrected chi connectivity index (χ4v) is 4.53. The summed E-state index contributed by atoms with van der Waals surface area (Å²) in [4.78, 5) is 19.0. The Hall–Kier alpha value is -1.39. The highest BCUT2D eigenvalue weighted by molar-refractivity contribution is 7.14. The standard InChI is InChI=1S/C19H23ClN2OS/c1-13-8-14(2)10-16(9-13)22(18(23)11-20)19-21-17(12-24-19)15-6-4-3-5-7-15/h8-10,12,15H,3-7,11H2,1-2H3. The molecular weight excluding hydrogens is 340 g/mol. The van der Waals surface area contributed by atoms with Gasteiger partial charge in [-0.2, -0.15) is 0 Å². The summed E-state index contributed by atoms with van der Waals surface area (Å²) in [5.74, 6) is 0.355. The molecule has 5 heteroatoms. The first-order chi connectivity index (χ1) is 11.6. The molecule has 0 aliphatic heterocycles. The van der Waals surface area contributed by atoms with Crippen molar-refractivity contribution in [2.45, 2.75) is 51.9 Å². The lowest BCUT2D eigenvalue weighted by molar-refractivity contribution is -0.115. The van der Waals surface area contributed by atoms with E-state index in [1.165, 1.54) is 43.4 Å². The molecule has 1 aliphatic rings. The molecule has 3 nitrogen and oxygen atoms in total.